The molecular formula is C20H38O3. The summed E-state index contributed by atoms with van der Waals surface area (Å²) >= 11 is 0. The van der Waals surface area contributed by atoms with Crippen molar-refractivity contribution in [1.82, 2.24) is 0 Å². The van der Waals surface area contributed by atoms with Crippen molar-refractivity contribution < 1.29 is 14.3 Å². The molecule has 3 nitrogen and oxygen atoms in total. The van der Waals surface area contributed by atoms with Crippen LogP contribution in [0.1, 0.15) is 96.8 Å². The summed E-state index contributed by atoms with van der Waals surface area (Å²) < 4.78 is 10.7. The second kappa shape index (κ2) is 21.2. The monoisotopic (exact) mass is 326 g/mol. The van der Waals surface area contributed by atoms with Crippen molar-refractivity contribution in [3.05, 3.63) is 12.3 Å². The quantitative estimate of drug-likeness (QED) is 0.123. The van der Waals surface area contributed by atoms with Crippen molar-refractivity contribution in [3.8, 4) is 0 Å². The average molecular weight is 327 g/mol. The zero-order chi connectivity index (χ0) is 16.8. The van der Waals surface area contributed by atoms with E-state index >= 15 is 0 Å². The summed E-state index contributed by atoms with van der Waals surface area (Å²) in [4.78, 5) is 10.2. The maximum absolute atomic E-state index is 10.2. The lowest BCUT2D eigenvalue weighted by atomic mass is 10.1. The second-order valence-corrected chi connectivity index (χ2v) is 6.20. The van der Waals surface area contributed by atoms with Crippen LogP contribution in [-0.2, 0) is 14.3 Å². The van der Waals surface area contributed by atoms with E-state index in [-0.39, 0.29) is 0 Å². The van der Waals surface area contributed by atoms with Gasteiger partial charge in [-0.3, -0.25) is 0 Å². The highest BCUT2D eigenvalue weighted by atomic mass is 16.7. The normalized spacial score (nSPS) is 11.2. The van der Waals surface area contributed by atoms with Crippen LogP contribution >= 0.6 is 0 Å². The smallest absolute Gasteiger partial charge is 0.188 e. The summed E-state index contributed by atoms with van der Waals surface area (Å²) in [5.41, 5.74) is 0. The summed E-state index contributed by atoms with van der Waals surface area (Å²) in [6, 6.07) is 0. The van der Waals surface area contributed by atoms with Gasteiger partial charge in [-0.05, 0) is 31.8 Å². The fourth-order valence-corrected chi connectivity index (χ4v) is 2.46. The van der Waals surface area contributed by atoms with Crippen LogP contribution in [-0.4, -0.2) is 19.7 Å². The van der Waals surface area contributed by atoms with Gasteiger partial charge in [-0.1, -0.05) is 64.7 Å². The first-order chi connectivity index (χ1) is 11.4. The lowest BCUT2D eigenvalue weighted by molar-refractivity contribution is -0.107. The molecule has 3 heteroatoms. The number of hydrogen-bond acceptors (Lipinski definition) is 3. The fourth-order valence-electron chi connectivity index (χ4n) is 2.46. The molecule has 0 N–H and O–H groups in total. The lowest BCUT2D eigenvalue weighted by Gasteiger charge is -2.04. The van der Waals surface area contributed by atoms with Crippen LogP contribution in [0.2, 0.25) is 0 Å². The molecule has 0 aromatic carbocycles. The van der Waals surface area contributed by atoms with Crippen LogP contribution in [0.4, 0.5) is 0 Å². The molecule has 0 aliphatic heterocycles. The molecule has 0 heterocycles. The number of hydrogen-bond donors (Lipinski definition) is 0. The number of carbonyl (C=O) groups excluding carboxylic acids is 1. The molecule has 0 radical (unpaired) electrons. The van der Waals surface area contributed by atoms with E-state index < -0.39 is 0 Å². The first-order valence-electron chi connectivity index (χ1n) is 9.69. The molecule has 0 aliphatic carbocycles. The van der Waals surface area contributed by atoms with E-state index in [1.807, 2.05) is 0 Å². The Morgan fingerprint density at radius 3 is 2.04 bits per heavy atom. The summed E-state index contributed by atoms with van der Waals surface area (Å²) in [6.07, 6.45) is 21.7. The third kappa shape index (κ3) is 21.2. The van der Waals surface area contributed by atoms with Crippen molar-refractivity contribution in [2.45, 2.75) is 96.8 Å². The van der Waals surface area contributed by atoms with E-state index in [1.165, 1.54) is 64.2 Å². The highest BCUT2D eigenvalue weighted by molar-refractivity contribution is 5.48. The molecule has 0 saturated carbocycles. The number of carbonyl (C=O) groups is 1. The van der Waals surface area contributed by atoms with Crippen molar-refractivity contribution in [3.63, 3.8) is 0 Å². The predicted molar refractivity (Wildman–Crippen MR) is 97.4 cm³/mol. The molecular weight excluding hydrogens is 288 g/mol. The van der Waals surface area contributed by atoms with Crippen LogP contribution in [0.5, 0.6) is 0 Å². The summed E-state index contributed by atoms with van der Waals surface area (Å²) in [7, 11) is 0. The van der Waals surface area contributed by atoms with Crippen LogP contribution in [0.15, 0.2) is 12.3 Å². The van der Waals surface area contributed by atoms with Crippen LogP contribution in [0.25, 0.3) is 0 Å². The standard InChI is InChI=1S/C20H38O3/c1-2-3-4-5-12-15-18-22-20-23-19-16-13-10-8-6-7-9-11-14-17-21/h16-17,19H,2-15,18,20H2,1H3. The number of unbranched alkanes of at least 4 members (excludes halogenated alkanes) is 12. The van der Waals surface area contributed by atoms with Gasteiger partial charge < -0.3 is 14.3 Å². The molecule has 0 aromatic rings. The number of aldehydes is 1. The molecule has 0 aromatic heterocycles. The Kier molecular flexibility index (Phi) is 20.4. The van der Waals surface area contributed by atoms with Crippen LogP contribution < -0.4 is 0 Å². The first-order valence-corrected chi connectivity index (χ1v) is 9.69. The van der Waals surface area contributed by atoms with Gasteiger partial charge in [0.15, 0.2) is 6.79 Å². The Labute approximate surface area is 143 Å². The van der Waals surface area contributed by atoms with Crippen LogP contribution in [0.3, 0.4) is 0 Å². The minimum atomic E-state index is 0.377. The maximum Gasteiger partial charge on any atom is 0.188 e. The van der Waals surface area contributed by atoms with Gasteiger partial charge in [0.25, 0.3) is 0 Å². The third-order valence-corrected chi connectivity index (χ3v) is 3.93. The van der Waals surface area contributed by atoms with Gasteiger partial charge >= 0.3 is 0 Å². The highest BCUT2D eigenvalue weighted by Gasteiger charge is 1.92. The van der Waals surface area contributed by atoms with Crippen molar-refractivity contribution >= 4 is 6.29 Å². The topological polar surface area (TPSA) is 35.5 Å². The number of ether oxygens (including phenoxy) is 2. The maximum atomic E-state index is 10.2. The predicted octanol–water partition coefficient (Wildman–Crippen LogP) is 6.17. The van der Waals surface area contributed by atoms with E-state index in [9.17, 15) is 4.79 Å². The zero-order valence-electron chi connectivity index (χ0n) is 15.3. The van der Waals surface area contributed by atoms with Crippen molar-refractivity contribution in [2.24, 2.45) is 0 Å². The van der Waals surface area contributed by atoms with E-state index in [0.717, 1.165) is 38.6 Å². The van der Waals surface area contributed by atoms with E-state index in [0.29, 0.717) is 6.79 Å². The van der Waals surface area contributed by atoms with Gasteiger partial charge in [0, 0.05) is 6.42 Å². The minimum Gasteiger partial charge on any atom is -0.475 e. The molecule has 0 aliphatic rings. The highest BCUT2D eigenvalue weighted by Crippen LogP contribution is 2.08. The molecule has 0 spiro atoms. The minimum absolute atomic E-state index is 0.377. The van der Waals surface area contributed by atoms with Gasteiger partial charge in [-0.15, -0.1) is 0 Å². The van der Waals surface area contributed by atoms with Gasteiger partial charge in [-0.2, -0.15) is 0 Å². The number of allylic oxidation sites excluding steroid dienone is 1. The van der Waals surface area contributed by atoms with E-state index in [1.54, 1.807) is 6.26 Å². The zero-order valence-corrected chi connectivity index (χ0v) is 15.3. The SMILES string of the molecule is CCCCCCCCOCOC=CCCCCCCCCC=O. The van der Waals surface area contributed by atoms with Gasteiger partial charge in [0.1, 0.15) is 6.29 Å². The lowest BCUT2D eigenvalue weighted by Crippen LogP contribution is -1.98. The van der Waals surface area contributed by atoms with Crippen molar-refractivity contribution in [2.75, 3.05) is 13.4 Å². The Balaban J connectivity index is 3.04. The molecule has 0 amide bonds. The molecule has 0 fully saturated rings. The molecule has 0 rings (SSSR count). The molecule has 0 saturated heterocycles. The third-order valence-electron chi connectivity index (χ3n) is 3.93. The molecule has 0 bridgehead atoms. The Morgan fingerprint density at radius 2 is 1.35 bits per heavy atom. The van der Waals surface area contributed by atoms with E-state index in [4.69, 9.17) is 9.47 Å². The van der Waals surface area contributed by atoms with Gasteiger partial charge in [-0.25, -0.2) is 0 Å². The summed E-state index contributed by atoms with van der Waals surface area (Å²) in [5.74, 6) is 0. The molecule has 136 valence electrons. The second-order valence-electron chi connectivity index (χ2n) is 6.20. The first kappa shape index (κ1) is 22.2. The molecule has 0 atom stereocenters. The Morgan fingerprint density at radius 1 is 0.739 bits per heavy atom. The number of rotatable bonds is 19. The Hall–Kier alpha value is -0.830. The summed E-state index contributed by atoms with van der Waals surface area (Å²) in [5, 5.41) is 0. The fraction of sp³-hybridized carbons (Fsp3) is 0.850. The van der Waals surface area contributed by atoms with Gasteiger partial charge in [0.2, 0.25) is 0 Å². The molecule has 23 heavy (non-hydrogen) atoms. The summed E-state index contributed by atoms with van der Waals surface area (Å²) in [6.45, 7) is 3.43. The van der Waals surface area contributed by atoms with E-state index in [2.05, 4.69) is 13.0 Å². The Bertz CT molecular complexity index is 251. The molecule has 0 unspecified atom stereocenters. The van der Waals surface area contributed by atoms with Crippen molar-refractivity contribution in [1.29, 1.82) is 0 Å². The van der Waals surface area contributed by atoms with Crippen LogP contribution in [0, 0.1) is 0 Å². The average Bonchev–Trinajstić information content (AvgIpc) is 2.57. The largest absolute Gasteiger partial charge is 0.475 e. The van der Waals surface area contributed by atoms with Gasteiger partial charge in [0.05, 0.1) is 12.9 Å².